The lowest BCUT2D eigenvalue weighted by atomic mass is 10.1. The van der Waals surface area contributed by atoms with Crippen molar-refractivity contribution < 1.29 is 9.23 Å². The monoisotopic (exact) mass is 296 g/mol. The van der Waals surface area contributed by atoms with E-state index in [1.54, 1.807) is 6.07 Å². The third-order valence-corrected chi connectivity index (χ3v) is 4.12. The second-order valence-corrected chi connectivity index (χ2v) is 5.24. The number of aryl methyl sites for hydroxylation is 1. The first-order valence-corrected chi connectivity index (χ1v) is 6.89. The summed E-state index contributed by atoms with van der Waals surface area (Å²) in [4.78, 5) is 18.0. The van der Waals surface area contributed by atoms with Crippen molar-refractivity contribution in [3.63, 3.8) is 0 Å². The second-order valence-electron chi connectivity index (χ2n) is 5.24. The number of rotatable bonds is 1. The van der Waals surface area contributed by atoms with E-state index in [1.807, 2.05) is 35.9 Å². The molecule has 0 aliphatic heterocycles. The van der Waals surface area contributed by atoms with Crippen LogP contribution in [0.3, 0.4) is 0 Å². The molecule has 0 saturated carbocycles. The quantitative estimate of drug-likeness (QED) is 0.541. The van der Waals surface area contributed by atoms with Gasteiger partial charge in [-0.15, -0.1) is 4.73 Å². The maximum Gasteiger partial charge on any atom is 0.293 e. The zero-order chi connectivity index (χ0) is 15.4. The van der Waals surface area contributed by atoms with E-state index in [0.29, 0.717) is 10.9 Å². The van der Waals surface area contributed by atoms with Crippen molar-refractivity contribution in [2.24, 2.45) is 7.05 Å². The molecule has 2 aromatic heterocycles. The third kappa shape index (κ3) is 1.48. The minimum absolute atomic E-state index is 0.285. The highest BCUT2D eigenvalue weighted by Crippen LogP contribution is 2.30. The molecular weight excluding hydrogens is 283 g/mol. The van der Waals surface area contributed by atoms with E-state index in [0.717, 1.165) is 26.5 Å². The number of para-hydroxylation sites is 1. The SMILES string of the molecule is COn1c(=O)c2c3ccccc3n(C)c2c2ccc(F)cc21. The van der Waals surface area contributed by atoms with Crippen LogP contribution in [0.5, 0.6) is 0 Å². The third-order valence-electron chi connectivity index (χ3n) is 4.12. The number of hydrogen-bond acceptors (Lipinski definition) is 2. The summed E-state index contributed by atoms with van der Waals surface area (Å²) in [7, 11) is 3.31. The smallest absolute Gasteiger partial charge is 0.293 e. The Morgan fingerprint density at radius 3 is 2.59 bits per heavy atom. The van der Waals surface area contributed by atoms with Crippen LogP contribution >= 0.6 is 0 Å². The van der Waals surface area contributed by atoms with E-state index in [9.17, 15) is 9.18 Å². The number of hydrogen-bond donors (Lipinski definition) is 0. The van der Waals surface area contributed by atoms with Crippen LogP contribution in [0.25, 0.3) is 32.7 Å². The van der Waals surface area contributed by atoms with Gasteiger partial charge in [0.15, 0.2) is 0 Å². The summed E-state index contributed by atoms with van der Waals surface area (Å²) in [5.41, 5.74) is 1.88. The molecule has 5 heteroatoms. The van der Waals surface area contributed by atoms with Crippen LogP contribution in [0.1, 0.15) is 0 Å². The fourth-order valence-corrected chi connectivity index (χ4v) is 3.19. The van der Waals surface area contributed by atoms with Crippen molar-refractivity contribution in [3.05, 3.63) is 58.6 Å². The zero-order valence-corrected chi connectivity index (χ0v) is 12.1. The lowest BCUT2D eigenvalue weighted by Gasteiger charge is -2.10. The van der Waals surface area contributed by atoms with Gasteiger partial charge in [-0.25, -0.2) is 4.39 Å². The summed E-state index contributed by atoms with van der Waals surface area (Å²) in [5.74, 6) is -0.407. The van der Waals surface area contributed by atoms with Crippen LogP contribution in [0.4, 0.5) is 4.39 Å². The second kappa shape index (κ2) is 4.34. The van der Waals surface area contributed by atoms with Gasteiger partial charge in [0.05, 0.1) is 16.4 Å². The molecule has 0 atom stereocenters. The van der Waals surface area contributed by atoms with Gasteiger partial charge in [0.2, 0.25) is 0 Å². The Morgan fingerprint density at radius 1 is 1.05 bits per heavy atom. The van der Waals surface area contributed by atoms with E-state index in [-0.39, 0.29) is 5.56 Å². The summed E-state index contributed by atoms with van der Waals surface area (Å²) in [6.07, 6.45) is 0. The Labute approximate surface area is 124 Å². The van der Waals surface area contributed by atoms with Gasteiger partial charge in [-0.05, 0) is 18.2 Å². The molecule has 22 heavy (non-hydrogen) atoms. The van der Waals surface area contributed by atoms with Crippen LogP contribution in [0, 0.1) is 5.82 Å². The van der Waals surface area contributed by atoms with Crippen LogP contribution in [0.15, 0.2) is 47.3 Å². The number of pyridine rings is 1. The molecule has 0 unspecified atom stereocenters. The van der Waals surface area contributed by atoms with Gasteiger partial charge in [0.25, 0.3) is 5.56 Å². The van der Waals surface area contributed by atoms with Crippen LogP contribution < -0.4 is 10.4 Å². The van der Waals surface area contributed by atoms with Gasteiger partial charge in [-0.1, -0.05) is 18.2 Å². The molecule has 0 radical (unpaired) electrons. The first kappa shape index (κ1) is 12.9. The Hall–Kier alpha value is -2.82. The summed E-state index contributed by atoms with van der Waals surface area (Å²) < 4.78 is 16.7. The topological polar surface area (TPSA) is 36.2 Å². The Bertz CT molecular complexity index is 1110. The first-order chi connectivity index (χ1) is 10.6. The van der Waals surface area contributed by atoms with Gasteiger partial charge < -0.3 is 9.40 Å². The highest BCUT2D eigenvalue weighted by atomic mass is 19.1. The van der Waals surface area contributed by atoms with Crippen LogP contribution in [-0.4, -0.2) is 16.4 Å². The summed E-state index contributed by atoms with van der Waals surface area (Å²) in [5, 5.41) is 2.22. The summed E-state index contributed by atoms with van der Waals surface area (Å²) >= 11 is 0. The van der Waals surface area contributed by atoms with E-state index in [2.05, 4.69) is 0 Å². The van der Waals surface area contributed by atoms with Crippen molar-refractivity contribution >= 4 is 32.7 Å². The fraction of sp³-hybridized carbons (Fsp3) is 0.118. The van der Waals surface area contributed by atoms with Crippen molar-refractivity contribution in [3.8, 4) is 0 Å². The molecule has 0 saturated heterocycles. The van der Waals surface area contributed by atoms with E-state index in [1.165, 1.54) is 19.2 Å². The molecule has 0 amide bonds. The molecule has 2 aromatic carbocycles. The molecule has 4 nitrogen and oxygen atoms in total. The Balaban J connectivity index is 2.43. The Kier molecular flexibility index (Phi) is 2.54. The zero-order valence-electron chi connectivity index (χ0n) is 12.1. The molecule has 4 rings (SSSR count). The van der Waals surface area contributed by atoms with Gasteiger partial charge in [-0.2, -0.15) is 0 Å². The Morgan fingerprint density at radius 2 is 1.82 bits per heavy atom. The highest BCUT2D eigenvalue weighted by molar-refractivity contribution is 6.16. The molecule has 0 bridgehead atoms. The molecule has 4 aromatic rings. The largest absolute Gasteiger partial charge is 0.413 e. The molecule has 0 spiro atoms. The lowest BCUT2D eigenvalue weighted by Crippen LogP contribution is -2.25. The predicted molar refractivity (Wildman–Crippen MR) is 84.7 cm³/mol. The van der Waals surface area contributed by atoms with Gasteiger partial charge in [-0.3, -0.25) is 4.79 Å². The molecular formula is C17H13FN2O2. The number of aromatic nitrogens is 2. The molecule has 0 aliphatic rings. The highest BCUT2D eigenvalue weighted by Gasteiger charge is 2.18. The average molecular weight is 296 g/mol. The number of halogens is 1. The van der Waals surface area contributed by atoms with E-state index in [4.69, 9.17) is 4.84 Å². The standard InChI is InChI=1S/C17H13FN2O2/c1-19-13-6-4-3-5-11(13)15-16(19)12-8-7-10(18)9-14(12)20(22-2)17(15)21/h3-9H,1-2H3. The lowest BCUT2D eigenvalue weighted by molar-refractivity contribution is 0.170. The summed E-state index contributed by atoms with van der Waals surface area (Å²) in [6, 6.07) is 12.1. The molecule has 2 heterocycles. The number of benzene rings is 2. The molecule has 0 fully saturated rings. The molecule has 0 aliphatic carbocycles. The predicted octanol–water partition coefficient (Wildman–Crippen LogP) is 2.84. The molecule has 0 N–H and O–H groups in total. The molecule has 110 valence electrons. The van der Waals surface area contributed by atoms with Gasteiger partial charge >= 0.3 is 0 Å². The maximum absolute atomic E-state index is 13.6. The van der Waals surface area contributed by atoms with Crippen LogP contribution in [-0.2, 0) is 7.05 Å². The minimum Gasteiger partial charge on any atom is -0.413 e. The van der Waals surface area contributed by atoms with Crippen LogP contribution in [0.2, 0.25) is 0 Å². The minimum atomic E-state index is -0.407. The van der Waals surface area contributed by atoms with Crippen molar-refractivity contribution in [2.45, 2.75) is 0 Å². The van der Waals surface area contributed by atoms with Gasteiger partial charge in [0.1, 0.15) is 12.9 Å². The van der Waals surface area contributed by atoms with Crippen molar-refractivity contribution in [1.29, 1.82) is 0 Å². The van der Waals surface area contributed by atoms with E-state index < -0.39 is 5.82 Å². The number of nitrogens with zero attached hydrogens (tertiary/aromatic N) is 2. The summed E-state index contributed by atoms with van der Waals surface area (Å²) in [6.45, 7) is 0. The first-order valence-electron chi connectivity index (χ1n) is 6.89. The van der Waals surface area contributed by atoms with E-state index >= 15 is 0 Å². The van der Waals surface area contributed by atoms with Crippen molar-refractivity contribution in [1.82, 2.24) is 9.30 Å². The number of fused-ring (bicyclic) bond motifs is 5. The van der Waals surface area contributed by atoms with Crippen molar-refractivity contribution in [2.75, 3.05) is 7.11 Å². The average Bonchev–Trinajstić information content (AvgIpc) is 2.82. The van der Waals surface area contributed by atoms with Gasteiger partial charge in [0, 0.05) is 29.4 Å². The fourth-order valence-electron chi connectivity index (χ4n) is 3.19. The normalized spacial score (nSPS) is 11.6. The maximum atomic E-state index is 13.6.